The van der Waals surface area contributed by atoms with Crippen LogP contribution in [0.15, 0.2) is 22.2 Å². The Morgan fingerprint density at radius 2 is 2.41 bits per heavy atom. The van der Waals surface area contributed by atoms with Gasteiger partial charge in [-0.05, 0) is 18.4 Å². The number of rotatable bonds is 4. The molecule has 90 valence electrons. The van der Waals surface area contributed by atoms with Gasteiger partial charge in [0.15, 0.2) is 0 Å². The van der Waals surface area contributed by atoms with Gasteiger partial charge in [-0.2, -0.15) is 11.3 Å². The van der Waals surface area contributed by atoms with Crippen LogP contribution >= 0.6 is 22.7 Å². The summed E-state index contributed by atoms with van der Waals surface area (Å²) >= 11 is 3.04. The predicted octanol–water partition coefficient (Wildman–Crippen LogP) is 1.98. The fraction of sp³-hybridized carbons (Fsp3) is 0.273. The molecule has 0 aliphatic heterocycles. The number of aliphatic hydroxyl groups is 1. The van der Waals surface area contributed by atoms with E-state index in [4.69, 9.17) is 5.11 Å². The van der Waals surface area contributed by atoms with Crippen LogP contribution in [0.2, 0.25) is 0 Å². The molecule has 6 heteroatoms. The lowest BCUT2D eigenvalue weighted by Crippen LogP contribution is -2.30. The Bertz CT molecular complexity index is 491. The fourth-order valence-corrected chi connectivity index (χ4v) is 2.74. The Labute approximate surface area is 107 Å². The van der Waals surface area contributed by atoms with Crippen LogP contribution in [0.25, 0.3) is 10.6 Å². The van der Waals surface area contributed by atoms with Gasteiger partial charge >= 0.3 is 0 Å². The van der Waals surface area contributed by atoms with Crippen LogP contribution in [-0.4, -0.2) is 28.6 Å². The first-order valence-corrected chi connectivity index (χ1v) is 6.93. The summed E-state index contributed by atoms with van der Waals surface area (Å²) in [7, 11) is 0. The van der Waals surface area contributed by atoms with Crippen molar-refractivity contribution < 1.29 is 9.90 Å². The van der Waals surface area contributed by atoms with Gasteiger partial charge in [0.05, 0.1) is 6.10 Å². The van der Waals surface area contributed by atoms with E-state index in [0.29, 0.717) is 5.69 Å². The molecule has 0 fully saturated rings. The molecule has 2 aromatic heterocycles. The minimum absolute atomic E-state index is 0.240. The molecule has 2 heterocycles. The zero-order valence-electron chi connectivity index (χ0n) is 9.21. The maximum Gasteiger partial charge on any atom is 0.270 e. The molecule has 0 aromatic carbocycles. The molecular weight excluding hydrogens is 256 g/mol. The van der Waals surface area contributed by atoms with Crippen molar-refractivity contribution >= 4 is 28.6 Å². The highest BCUT2D eigenvalue weighted by atomic mass is 32.1. The number of thiazole rings is 1. The van der Waals surface area contributed by atoms with Crippen LogP contribution in [-0.2, 0) is 0 Å². The van der Waals surface area contributed by atoms with E-state index in [0.717, 1.165) is 10.6 Å². The first-order chi connectivity index (χ1) is 8.16. The second-order valence-electron chi connectivity index (χ2n) is 3.61. The van der Waals surface area contributed by atoms with Gasteiger partial charge in [-0.25, -0.2) is 4.98 Å². The molecule has 2 rings (SSSR count). The van der Waals surface area contributed by atoms with Crippen molar-refractivity contribution in [2.45, 2.75) is 13.0 Å². The highest BCUT2D eigenvalue weighted by molar-refractivity contribution is 7.14. The van der Waals surface area contributed by atoms with Crippen LogP contribution in [0.4, 0.5) is 0 Å². The molecule has 0 unspecified atom stereocenters. The lowest BCUT2D eigenvalue weighted by Gasteiger charge is -2.04. The van der Waals surface area contributed by atoms with Crippen LogP contribution in [0.3, 0.4) is 0 Å². The summed E-state index contributed by atoms with van der Waals surface area (Å²) < 4.78 is 0. The Balaban J connectivity index is 2.05. The molecule has 17 heavy (non-hydrogen) atoms. The Hall–Kier alpha value is -1.24. The van der Waals surface area contributed by atoms with E-state index in [1.54, 1.807) is 23.6 Å². The second-order valence-corrected chi connectivity index (χ2v) is 5.25. The van der Waals surface area contributed by atoms with Crippen molar-refractivity contribution in [3.8, 4) is 10.6 Å². The molecule has 4 nitrogen and oxygen atoms in total. The van der Waals surface area contributed by atoms with Gasteiger partial charge in [0.25, 0.3) is 5.91 Å². The number of carbonyl (C=O) groups excluding carboxylic acids is 1. The van der Waals surface area contributed by atoms with E-state index < -0.39 is 6.10 Å². The number of nitrogens with one attached hydrogen (secondary N) is 1. The highest BCUT2D eigenvalue weighted by Gasteiger charge is 2.12. The van der Waals surface area contributed by atoms with Crippen LogP contribution in [0, 0.1) is 0 Å². The van der Waals surface area contributed by atoms with E-state index in [1.165, 1.54) is 11.3 Å². The Morgan fingerprint density at radius 3 is 3.06 bits per heavy atom. The summed E-state index contributed by atoms with van der Waals surface area (Å²) in [5, 5.41) is 18.2. The summed E-state index contributed by atoms with van der Waals surface area (Å²) in [5.74, 6) is -0.247. The lowest BCUT2D eigenvalue weighted by atomic mass is 10.3. The fourth-order valence-electron chi connectivity index (χ4n) is 1.23. The zero-order valence-corrected chi connectivity index (χ0v) is 10.8. The van der Waals surface area contributed by atoms with Gasteiger partial charge in [-0.3, -0.25) is 4.79 Å². The number of aromatic nitrogens is 1. The SMILES string of the molecule is C[C@@H](O)CNC(=O)c1csc(-c2ccsc2)n1. The number of aliphatic hydroxyl groups excluding tert-OH is 1. The third-order valence-electron chi connectivity index (χ3n) is 2.06. The summed E-state index contributed by atoms with van der Waals surface area (Å²) in [5.41, 5.74) is 1.44. The number of thiophene rings is 1. The van der Waals surface area contributed by atoms with Gasteiger partial charge < -0.3 is 10.4 Å². The van der Waals surface area contributed by atoms with Gasteiger partial charge in [0, 0.05) is 22.9 Å². The van der Waals surface area contributed by atoms with Crippen molar-refractivity contribution in [1.29, 1.82) is 0 Å². The second kappa shape index (κ2) is 5.39. The quantitative estimate of drug-likeness (QED) is 0.891. The number of carbonyl (C=O) groups is 1. The largest absolute Gasteiger partial charge is 0.392 e. The average molecular weight is 268 g/mol. The molecule has 2 aromatic rings. The minimum Gasteiger partial charge on any atom is -0.392 e. The van der Waals surface area contributed by atoms with Crippen molar-refractivity contribution in [1.82, 2.24) is 10.3 Å². The molecule has 2 N–H and O–H groups in total. The van der Waals surface area contributed by atoms with E-state index in [2.05, 4.69) is 10.3 Å². The number of hydrogen-bond donors (Lipinski definition) is 2. The normalized spacial score (nSPS) is 12.4. The zero-order chi connectivity index (χ0) is 12.3. The van der Waals surface area contributed by atoms with Gasteiger partial charge in [0.1, 0.15) is 10.7 Å². The molecular formula is C11H12N2O2S2. The Morgan fingerprint density at radius 1 is 1.59 bits per heavy atom. The van der Waals surface area contributed by atoms with Crippen LogP contribution < -0.4 is 5.32 Å². The van der Waals surface area contributed by atoms with Gasteiger partial charge in [-0.15, -0.1) is 11.3 Å². The molecule has 0 spiro atoms. The van der Waals surface area contributed by atoms with Crippen LogP contribution in [0.5, 0.6) is 0 Å². The topological polar surface area (TPSA) is 62.2 Å². The first-order valence-electron chi connectivity index (χ1n) is 5.11. The smallest absolute Gasteiger partial charge is 0.270 e. The van der Waals surface area contributed by atoms with Crippen molar-refractivity contribution in [2.24, 2.45) is 0 Å². The Kier molecular flexibility index (Phi) is 3.88. The van der Waals surface area contributed by atoms with Crippen molar-refractivity contribution in [3.63, 3.8) is 0 Å². The van der Waals surface area contributed by atoms with Crippen LogP contribution in [0.1, 0.15) is 17.4 Å². The summed E-state index contributed by atoms with van der Waals surface area (Å²) in [6.45, 7) is 1.86. The molecule has 0 saturated carbocycles. The summed E-state index contributed by atoms with van der Waals surface area (Å²) in [6, 6.07) is 1.97. The third kappa shape index (κ3) is 3.12. The number of hydrogen-bond acceptors (Lipinski definition) is 5. The average Bonchev–Trinajstić information content (AvgIpc) is 2.94. The molecule has 0 radical (unpaired) electrons. The first kappa shape index (κ1) is 12.2. The number of nitrogens with zero attached hydrogens (tertiary/aromatic N) is 1. The van der Waals surface area contributed by atoms with Gasteiger partial charge in [0.2, 0.25) is 0 Å². The molecule has 1 atom stereocenters. The van der Waals surface area contributed by atoms with E-state index in [1.807, 2.05) is 16.8 Å². The van der Waals surface area contributed by atoms with Crippen molar-refractivity contribution in [3.05, 3.63) is 27.9 Å². The maximum absolute atomic E-state index is 11.7. The molecule has 0 saturated heterocycles. The summed E-state index contributed by atoms with van der Waals surface area (Å²) in [4.78, 5) is 15.9. The molecule has 0 bridgehead atoms. The summed E-state index contributed by atoms with van der Waals surface area (Å²) in [6.07, 6.45) is -0.547. The van der Waals surface area contributed by atoms with E-state index >= 15 is 0 Å². The number of amides is 1. The molecule has 0 aliphatic carbocycles. The standard InChI is InChI=1S/C11H12N2O2S2/c1-7(14)4-12-10(15)9-6-17-11(13-9)8-2-3-16-5-8/h2-3,5-7,14H,4H2,1H3,(H,12,15)/t7-/m1/s1. The van der Waals surface area contributed by atoms with Crippen molar-refractivity contribution in [2.75, 3.05) is 6.54 Å². The highest BCUT2D eigenvalue weighted by Crippen LogP contribution is 2.25. The monoisotopic (exact) mass is 268 g/mol. The maximum atomic E-state index is 11.7. The molecule has 1 amide bonds. The van der Waals surface area contributed by atoms with E-state index in [-0.39, 0.29) is 12.5 Å². The predicted molar refractivity (Wildman–Crippen MR) is 69.4 cm³/mol. The third-order valence-corrected chi connectivity index (χ3v) is 3.64. The molecule has 0 aliphatic rings. The minimum atomic E-state index is -0.547. The van der Waals surface area contributed by atoms with E-state index in [9.17, 15) is 4.79 Å². The van der Waals surface area contributed by atoms with Gasteiger partial charge in [-0.1, -0.05) is 0 Å². The lowest BCUT2D eigenvalue weighted by molar-refractivity contribution is 0.0920.